The van der Waals surface area contributed by atoms with Gasteiger partial charge in [-0.25, -0.2) is 0 Å². The SMILES string of the molecule is CC#C[P@](=O)(/C=C(/C)SCC(=O)OC)c1ccccc1. The van der Waals surface area contributed by atoms with E-state index >= 15 is 0 Å². The van der Waals surface area contributed by atoms with Crippen molar-refractivity contribution in [1.82, 2.24) is 0 Å². The van der Waals surface area contributed by atoms with Crippen LogP contribution < -0.4 is 5.30 Å². The van der Waals surface area contributed by atoms with Crippen LogP contribution in [0.1, 0.15) is 13.8 Å². The monoisotopic (exact) mass is 308 g/mol. The molecule has 0 bridgehead atoms. The normalized spacial score (nSPS) is 13.8. The third-order valence-electron chi connectivity index (χ3n) is 2.43. The Morgan fingerprint density at radius 3 is 2.60 bits per heavy atom. The van der Waals surface area contributed by atoms with Crippen LogP contribution in [0.15, 0.2) is 41.1 Å². The Morgan fingerprint density at radius 1 is 1.40 bits per heavy atom. The van der Waals surface area contributed by atoms with Crippen molar-refractivity contribution in [2.75, 3.05) is 12.9 Å². The standard InChI is InChI=1S/C15H17O3PS/c1-4-10-19(17,14-8-6-5-7-9-14)11-13(2)20-12-15(16)18-3/h5-9,11H,12H2,1-3H3/b13-11-/t19-/m0/s1. The Balaban J connectivity index is 3.00. The van der Waals surface area contributed by atoms with E-state index < -0.39 is 7.14 Å². The van der Waals surface area contributed by atoms with E-state index in [1.54, 1.807) is 24.9 Å². The highest BCUT2D eigenvalue weighted by molar-refractivity contribution is 8.04. The quantitative estimate of drug-likeness (QED) is 0.475. The number of methoxy groups -OCH3 is 1. The average Bonchev–Trinajstić information content (AvgIpc) is 2.46. The molecule has 1 aromatic carbocycles. The van der Waals surface area contributed by atoms with Gasteiger partial charge in [0.15, 0.2) is 0 Å². The molecule has 0 N–H and O–H groups in total. The van der Waals surface area contributed by atoms with E-state index in [9.17, 15) is 9.36 Å². The molecule has 0 saturated heterocycles. The first-order chi connectivity index (χ1) is 9.51. The fraction of sp³-hybridized carbons (Fsp3) is 0.267. The first-order valence-corrected chi connectivity index (χ1v) is 8.76. The van der Waals surface area contributed by atoms with E-state index in [4.69, 9.17) is 0 Å². The maximum atomic E-state index is 13.0. The van der Waals surface area contributed by atoms with E-state index in [0.717, 1.165) is 4.91 Å². The number of allylic oxidation sites excluding steroid dienone is 1. The molecule has 0 spiro atoms. The fourth-order valence-corrected chi connectivity index (χ4v) is 4.52. The second-order valence-corrected chi connectivity index (χ2v) is 7.50. The maximum absolute atomic E-state index is 13.0. The summed E-state index contributed by atoms with van der Waals surface area (Å²) in [5.41, 5.74) is 2.81. The average molecular weight is 308 g/mol. The van der Waals surface area contributed by atoms with Gasteiger partial charge in [-0.1, -0.05) is 36.3 Å². The van der Waals surface area contributed by atoms with Crippen LogP contribution in [0, 0.1) is 11.6 Å². The molecule has 0 aliphatic heterocycles. The number of carbonyl (C=O) groups is 1. The third kappa shape index (κ3) is 4.92. The second kappa shape index (κ2) is 7.99. The van der Waals surface area contributed by atoms with Gasteiger partial charge >= 0.3 is 5.97 Å². The first-order valence-electron chi connectivity index (χ1n) is 6.00. The Hall–Kier alpha value is -1.43. The third-order valence-corrected chi connectivity index (χ3v) is 5.93. The van der Waals surface area contributed by atoms with Gasteiger partial charge < -0.3 is 9.30 Å². The number of carbonyl (C=O) groups excluding carboxylic acids is 1. The molecule has 1 atom stereocenters. The van der Waals surface area contributed by atoms with Crippen molar-refractivity contribution >= 4 is 30.2 Å². The summed E-state index contributed by atoms with van der Waals surface area (Å²) in [6, 6.07) is 9.16. The lowest BCUT2D eigenvalue weighted by Crippen LogP contribution is -2.03. The van der Waals surface area contributed by atoms with Crippen molar-refractivity contribution in [1.29, 1.82) is 0 Å². The first kappa shape index (κ1) is 16.6. The molecule has 5 heteroatoms. The molecule has 1 aromatic rings. The van der Waals surface area contributed by atoms with Gasteiger partial charge in [0.05, 0.1) is 12.9 Å². The molecular formula is C15H17O3PS. The molecule has 106 valence electrons. The number of hydrogen-bond donors (Lipinski definition) is 0. The van der Waals surface area contributed by atoms with E-state index in [2.05, 4.69) is 16.3 Å². The van der Waals surface area contributed by atoms with Crippen molar-refractivity contribution in [3.8, 4) is 11.6 Å². The molecule has 1 rings (SSSR count). The van der Waals surface area contributed by atoms with Crippen LogP contribution in [0.25, 0.3) is 0 Å². The van der Waals surface area contributed by atoms with Crippen molar-refractivity contribution in [3.63, 3.8) is 0 Å². The van der Waals surface area contributed by atoms with E-state index in [1.165, 1.54) is 18.9 Å². The minimum absolute atomic E-state index is 0.202. The lowest BCUT2D eigenvalue weighted by molar-refractivity contribution is -0.137. The maximum Gasteiger partial charge on any atom is 0.315 e. The zero-order valence-corrected chi connectivity index (χ0v) is 13.5. The molecule has 0 aliphatic rings. The Bertz CT molecular complexity index is 597. The lowest BCUT2D eigenvalue weighted by atomic mass is 10.4. The summed E-state index contributed by atoms with van der Waals surface area (Å²) in [6.45, 7) is 3.49. The highest BCUT2D eigenvalue weighted by Crippen LogP contribution is 2.47. The number of rotatable bonds is 5. The zero-order valence-electron chi connectivity index (χ0n) is 11.8. The minimum atomic E-state index is -2.89. The van der Waals surface area contributed by atoms with E-state index in [0.29, 0.717) is 5.30 Å². The molecule has 0 radical (unpaired) electrons. The summed E-state index contributed by atoms with van der Waals surface area (Å²) < 4.78 is 17.5. The van der Waals surface area contributed by atoms with Gasteiger partial charge in [0.25, 0.3) is 0 Å². The smallest absolute Gasteiger partial charge is 0.315 e. The molecule has 20 heavy (non-hydrogen) atoms. The van der Waals surface area contributed by atoms with Crippen LogP contribution in [-0.4, -0.2) is 18.8 Å². The van der Waals surface area contributed by atoms with Gasteiger partial charge in [0.1, 0.15) is 0 Å². The number of benzene rings is 1. The van der Waals surface area contributed by atoms with Gasteiger partial charge in [-0.05, 0) is 24.4 Å². The van der Waals surface area contributed by atoms with Crippen LogP contribution in [0.3, 0.4) is 0 Å². The molecule has 0 aromatic heterocycles. The summed E-state index contributed by atoms with van der Waals surface area (Å²) in [7, 11) is -1.55. The van der Waals surface area contributed by atoms with Crippen molar-refractivity contribution in [2.45, 2.75) is 13.8 Å². The molecule has 0 unspecified atom stereocenters. The summed E-state index contributed by atoms with van der Waals surface area (Å²) in [5.74, 6) is 4.28. The number of hydrogen-bond acceptors (Lipinski definition) is 4. The van der Waals surface area contributed by atoms with Crippen molar-refractivity contribution in [3.05, 3.63) is 41.1 Å². The topological polar surface area (TPSA) is 43.4 Å². The largest absolute Gasteiger partial charge is 0.468 e. The van der Waals surface area contributed by atoms with Crippen molar-refractivity contribution < 1.29 is 14.1 Å². The summed E-state index contributed by atoms with van der Waals surface area (Å²) in [5, 5.41) is 0.701. The van der Waals surface area contributed by atoms with Gasteiger partial charge in [0.2, 0.25) is 7.14 Å². The number of thioether (sulfide) groups is 1. The van der Waals surface area contributed by atoms with Crippen LogP contribution in [0.4, 0.5) is 0 Å². The Labute approximate surface area is 124 Å². The van der Waals surface area contributed by atoms with E-state index in [-0.39, 0.29) is 11.7 Å². The molecular weight excluding hydrogens is 291 g/mol. The molecule has 0 saturated carbocycles. The molecule has 3 nitrogen and oxygen atoms in total. The summed E-state index contributed by atoms with van der Waals surface area (Å²) >= 11 is 1.30. The molecule has 0 aliphatic carbocycles. The summed E-state index contributed by atoms with van der Waals surface area (Å²) in [6.07, 6.45) is 0. The van der Waals surface area contributed by atoms with E-state index in [1.807, 2.05) is 25.1 Å². The molecule has 0 amide bonds. The number of ether oxygens (including phenoxy) is 1. The minimum Gasteiger partial charge on any atom is -0.468 e. The summed E-state index contributed by atoms with van der Waals surface area (Å²) in [4.78, 5) is 11.9. The van der Waals surface area contributed by atoms with Crippen molar-refractivity contribution in [2.24, 2.45) is 0 Å². The highest BCUT2D eigenvalue weighted by atomic mass is 32.2. The predicted molar refractivity (Wildman–Crippen MR) is 85.4 cm³/mol. The van der Waals surface area contributed by atoms with Crippen LogP contribution in [0.2, 0.25) is 0 Å². The second-order valence-electron chi connectivity index (χ2n) is 3.96. The van der Waals surface area contributed by atoms with Gasteiger partial charge in [-0.3, -0.25) is 4.79 Å². The van der Waals surface area contributed by atoms with Crippen LogP contribution in [-0.2, 0) is 14.1 Å². The van der Waals surface area contributed by atoms with Gasteiger partial charge in [-0.2, -0.15) is 0 Å². The van der Waals surface area contributed by atoms with Crippen LogP contribution in [0.5, 0.6) is 0 Å². The highest BCUT2D eigenvalue weighted by Gasteiger charge is 2.19. The lowest BCUT2D eigenvalue weighted by Gasteiger charge is -2.09. The zero-order chi connectivity index (χ0) is 15.0. The fourth-order valence-electron chi connectivity index (χ4n) is 1.51. The van der Waals surface area contributed by atoms with Gasteiger partial charge in [-0.15, -0.1) is 11.8 Å². The molecule has 0 fully saturated rings. The Morgan fingerprint density at radius 2 is 2.05 bits per heavy atom. The predicted octanol–water partition coefficient (Wildman–Crippen LogP) is 3.42. The van der Waals surface area contributed by atoms with Gasteiger partial charge in [0, 0.05) is 11.1 Å². The molecule has 0 heterocycles. The van der Waals surface area contributed by atoms with Crippen LogP contribution >= 0.6 is 18.9 Å². The number of esters is 1. The Kier molecular flexibility index (Phi) is 6.64.